The van der Waals surface area contributed by atoms with Crippen LogP contribution >= 0.6 is 12.6 Å². The molecule has 0 spiro atoms. The molecule has 0 heterocycles. The first kappa shape index (κ1) is 7.87. The number of carbonyl (C=O) groups is 1. The van der Waals surface area contributed by atoms with Crippen LogP contribution in [-0.2, 0) is 12.8 Å². The predicted molar refractivity (Wildman–Crippen MR) is 51.8 cm³/mol. The molecular formula is C10H10OS. The van der Waals surface area contributed by atoms with E-state index >= 15 is 0 Å². The number of benzene rings is 1. The molecule has 2 rings (SSSR count). The lowest BCUT2D eigenvalue weighted by Crippen LogP contribution is -1.91. The van der Waals surface area contributed by atoms with Gasteiger partial charge in [0.15, 0.2) is 0 Å². The highest BCUT2D eigenvalue weighted by Gasteiger charge is 2.11. The van der Waals surface area contributed by atoms with E-state index in [4.69, 9.17) is 0 Å². The molecule has 0 fully saturated rings. The fourth-order valence-corrected chi connectivity index (χ4v) is 1.84. The smallest absolute Gasteiger partial charge is 0.216 e. The zero-order chi connectivity index (χ0) is 8.55. The van der Waals surface area contributed by atoms with Gasteiger partial charge in [0.25, 0.3) is 0 Å². The fraction of sp³-hybridized carbons (Fsp3) is 0.300. The van der Waals surface area contributed by atoms with Gasteiger partial charge in [-0.25, -0.2) is 0 Å². The molecule has 0 bridgehead atoms. The van der Waals surface area contributed by atoms with E-state index < -0.39 is 0 Å². The van der Waals surface area contributed by atoms with Gasteiger partial charge in [0.1, 0.15) is 0 Å². The van der Waals surface area contributed by atoms with Gasteiger partial charge in [-0.15, -0.1) is 12.6 Å². The Morgan fingerprint density at radius 1 is 1.25 bits per heavy atom. The van der Waals surface area contributed by atoms with Gasteiger partial charge in [0.2, 0.25) is 5.12 Å². The van der Waals surface area contributed by atoms with Gasteiger partial charge in [0, 0.05) is 5.56 Å². The molecular weight excluding hydrogens is 168 g/mol. The zero-order valence-electron chi connectivity index (χ0n) is 6.71. The number of aryl methyl sites for hydroxylation is 2. The van der Waals surface area contributed by atoms with Crippen LogP contribution in [-0.4, -0.2) is 5.12 Å². The molecule has 1 aromatic carbocycles. The van der Waals surface area contributed by atoms with Crippen molar-refractivity contribution < 1.29 is 4.79 Å². The highest BCUT2D eigenvalue weighted by Crippen LogP contribution is 2.23. The minimum Gasteiger partial charge on any atom is -0.282 e. The molecule has 12 heavy (non-hydrogen) atoms. The van der Waals surface area contributed by atoms with Crippen LogP contribution in [0, 0.1) is 0 Å². The number of hydrogen-bond acceptors (Lipinski definition) is 1. The second-order valence-corrected chi connectivity index (χ2v) is 3.55. The van der Waals surface area contributed by atoms with Crippen LogP contribution in [0.4, 0.5) is 0 Å². The van der Waals surface area contributed by atoms with Crippen LogP contribution in [0.25, 0.3) is 0 Å². The maximum atomic E-state index is 10.9. The summed E-state index contributed by atoms with van der Waals surface area (Å²) in [7, 11) is 0. The van der Waals surface area contributed by atoms with Crippen molar-refractivity contribution in [1.82, 2.24) is 0 Å². The molecule has 2 heteroatoms. The van der Waals surface area contributed by atoms with Gasteiger partial charge >= 0.3 is 0 Å². The molecule has 1 aliphatic rings. The summed E-state index contributed by atoms with van der Waals surface area (Å²) in [4.78, 5) is 10.9. The maximum Gasteiger partial charge on any atom is 0.216 e. The van der Waals surface area contributed by atoms with Crippen molar-refractivity contribution in [3.63, 3.8) is 0 Å². The SMILES string of the molecule is O=C(S)c1ccc2c(c1)CCC2. The highest BCUT2D eigenvalue weighted by atomic mass is 32.1. The number of thiol groups is 1. The lowest BCUT2D eigenvalue weighted by molar-refractivity contribution is 0.109. The molecule has 0 aromatic heterocycles. The summed E-state index contributed by atoms with van der Waals surface area (Å²) in [5, 5.41) is -0.135. The van der Waals surface area contributed by atoms with Crippen molar-refractivity contribution in [2.75, 3.05) is 0 Å². The zero-order valence-corrected chi connectivity index (χ0v) is 7.60. The van der Waals surface area contributed by atoms with E-state index in [9.17, 15) is 4.79 Å². The third-order valence-corrected chi connectivity index (χ3v) is 2.60. The van der Waals surface area contributed by atoms with E-state index in [1.807, 2.05) is 18.2 Å². The Morgan fingerprint density at radius 2 is 2.00 bits per heavy atom. The average Bonchev–Trinajstić information content (AvgIpc) is 2.49. The van der Waals surface area contributed by atoms with Gasteiger partial charge in [-0.3, -0.25) is 4.79 Å². The monoisotopic (exact) mass is 178 g/mol. The van der Waals surface area contributed by atoms with Crippen molar-refractivity contribution in [1.29, 1.82) is 0 Å². The van der Waals surface area contributed by atoms with Crippen LogP contribution in [0.1, 0.15) is 27.9 Å². The van der Waals surface area contributed by atoms with Crippen molar-refractivity contribution in [3.8, 4) is 0 Å². The first-order valence-corrected chi connectivity index (χ1v) is 4.57. The molecule has 0 aliphatic heterocycles. The van der Waals surface area contributed by atoms with Gasteiger partial charge in [-0.2, -0.15) is 0 Å². The Bertz CT molecular complexity index is 331. The molecule has 0 saturated heterocycles. The van der Waals surface area contributed by atoms with Gasteiger partial charge in [0.05, 0.1) is 0 Å². The van der Waals surface area contributed by atoms with Gasteiger partial charge in [-0.05, 0) is 36.5 Å². The van der Waals surface area contributed by atoms with Crippen molar-refractivity contribution in [2.24, 2.45) is 0 Å². The third-order valence-electron chi connectivity index (χ3n) is 2.35. The van der Waals surface area contributed by atoms with Crippen molar-refractivity contribution in [3.05, 3.63) is 34.9 Å². The topological polar surface area (TPSA) is 17.1 Å². The lowest BCUT2D eigenvalue weighted by Gasteiger charge is -1.99. The Kier molecular flexibility index (Phi) is 1.93. The molecule has 0 saturated carbocycles. The second-order valence-electron chi connectivity index (χ2n) is 3.14. The molecule has 62 valence electrons. The normalized spacial score (nSPS) is 14.4. The Hall–Kier alpha value is -0.760. The first-order chi connectivity index (χ1) is 5.77. The maximum absolute atomic E-state index is 10.9. The van der Waals surface area contributed by atoms with Crippen LogP contribution in [0.2, 0.25) is 0 Å². The summed E-state index contributed by atoms with van der Waals surface area (Å²) in [5.41, 5.74) is 3.45. The summed E-state index contributed by atoms with van der Waals surface area (Å²) in [6, 6.07) is 5.88. The predicted octanol–water partition coefficient (Wildman–Crippen LogP) is 2.25. The standard InChI is InChI=1S/C10H10OS/c11-10(12)9-5-4-7-2-1-3-8(7)6-9/h4-6H,1-3H2,(H,11,12). The van der Waals surface area contributed by atoms with E-state index in [0.717, 1.165) is 18.4 Å². The minimum absolute atomic E-state index is 0.135. The van der Waals surface area contributed by atoms with E-state index in [-0.39, 0.29) is 5.12 Å². The third kappa shape index (κ3) is 1.27. The quantitative estimate of drug-likeness (QED) is 0.653. The molecule has 1 aromatic rings. The molecule has 1 nitrogen and oxygen atoms in total. The molecule has 0 radical (unpaired) electrons. The van der Waals surface area contributed by atoms with E-state index in [0.29, 0.717) is 0 Å². The molecule has 1 aliphatic carbocycles. The summed E-state index contributed by atoms with van der Waals surface area (Å²) < 4.78 is 0. The van der Waals surface area contributed by atoms with E-state index in [1.165, 1.54) is 17.5 Å². The minimum atomic E-state index is -0.135. The first-order valence-electron chi connectivity index (χ1n) is 4.12. The van der Waals surface area contributed by atoms with E-state index in [2.05, 4.69) is 12.6 Å². The van der Waals surface area contributed by atoms with Crippen LogP contribution in [0.5, 0.6) is 0 Å². The largest absolute Gasteiger partial charge is 0.282 e. The molecule has 0 amide bonds. The molecule has 0 atom stereocenters. The number of rotatable bonds is 1. The summed E-state index contributed by atoms with van der Waals surface area (Å²) in [5.74, 6) is 0. The average molecular weight is 178 g/mol. The van der Waals surface area contributed by atoms with Gasteiger partial charge in [-0.1, -0.05) is 12.1 Å². The summed E-state index contributed by atoms with van der Waals surface area (Å²) >= 11 is 3.79. The Morgan fingerprint density at radius 3 is 2.75 bits per heavy atom. The molecule has 0 N–H and O–H groups in total. The Balaban J connectivity index is 2.45. The van der Waals surface area contributed by atoms with Crippen LogP contribution in [0.15, 0.2) is 18.2 Å². The number of carbonyl (C=O) groups excluding carboxylic acids is 1. The summed E-state index contributed by atoms with van der Waals surface area (Å²) in [6.07, 6.45) is 3.50. The van der Waals surface area contributed by atoms with Gasteiger partial charge < -0.3 is 0 Å². The van der Waals surface area contributed by atoms with Crippen LogP contribution in [0.3, 0.4) is 0 Å². The van der Waals surface area contributed by atoms with Crippen molar-refractivity contribution >= 4 is 17.7 Å². The number of hydrogen-bond donors (Lipinski definition) is 1. The highest BCUT2D eigenvalue weighted by molar-refractivity contribution is 7.97. The Labute approximate surface area is 77.2 Å². The second kappa shape index (κ2) is 2.94. The molecule has 0 unspecified atom stereocenters. The van der Waals surface area contributed by atoms with Crippen LogP contribution < -0.4 is 0 Å². The summed E-state index contributed by atoms with van der Waals surface area (Å²) in [6.45, 7) is 0. The number of fused-ring (bicyclic) bond motifs is 1. The lowest BCUT2D eigenvalue weighted by atomic mass is 10.1. The fourth-order valence-electron chi connectivity index (χ4n) is 1.70. The van der Waals surface area contributed by atoms with E-state index in [1.54, 1.807) is 0 Å². The van der Waals surface area contributed by atoms with Crippen molar-refractivity contribution in [2.45, 2.75) is 19.3 Å².